The monoisotopic (exact) mass is 1240 g/mol. The van der Waals surface area contributed by atoms with Crippen LogP contribution in [-0.2, 0) is 65.4 Å². The number of hydrogen-bond acceptors (Lipinski definition) is 15. The van der Waals surface area contributed by atoms with Crippen LogP contribution < -0.4 is 0 Å². The Bertz CT molecular complexity index is 1640. The van der Waals surface area contributed by atoms with Gasteiger partial charge in [-0.05, 0) is 31.6 Å². The number of aliphatic hydroxyl groups is 1. The number of aliphatic hydroxyl groups excluding tert-OH is 1. The van der Waals surface area contributed by atoms with Crippen molar-refractivity contribution in [2.45, 2.75) is 348 Å². The number of esters is 4. The Morgan fingerprint density at radius 1 is 0.321 bits per heavy atom. The predicted octanol–water partition coefficient (Wildman–Crippen LogP) is 18.2. The molecule has 0 amide bonds. The van der Waals surface area contributed by atoms with Crippen molar-refractivity contribution in [3.8, 4) is 0 Å². The number of unbranched alkanes of at least 4 members (excludes halogenated alkanes) is 37. The zero-order valence-corrected chi connectivity index (χ0v) is 55.8. The van der Waals surface area contributed by atoms with Crippen LogP contribution in [0.25, 0.3) is 0 Å². The molecule has 0 aliphatic carbocycles. The molecule has 0 saturated heterocycles. The summed E-state index contributed by atoms with van der Waals surface area (Å²) < 4.78 is 68.0. The Balaban J connectivity index is 5.24. The largest absolute Gasteiger partial charge is 0.472 e. The topological polar surface area (TPSA) is 237 Å². The summed E-state index contributed by atoms with van der Waals surface area (Å²) in [4.78, 5) is 72.2. The first-order valence-corrected chi connectivity index (χ1v) is 37.1. The highest BCUT2D eigenvalue weighted by molar-refractivity contribution is 7.47. The second kappa shape index (κ2) is 58.7. The van der Waals surface area contributed by atoms with Gasteiger partial charge in [0, 0.05) is 25.7 Å². The van der Waals surface area contributed by atoms with Crippen molar-refractivity contribution in [2.75, 3.05) is 39.6 Å². The summed E-state index contributed by atoms with van der Waals surface area (Å²) in [5.74, 6) is -1.41. The van der Waals surface area contributed by atoms with Crippen LogP contribution >= 0.6 is 15.6 Å². The third kappa shape index (κ3) is 59.0. The molecule has 84 heavy (non-hydrogen) atoms. The van der Waals surface area contributed by atoms with Crippen molar-refractivity contribution in [1.82, 2.24) is 0 Å². The molecule has 0 aliphatic rings. The molecule has 498 valence electrons. The van der Waals surface area contributed by atoms with Gasteiger partial charge in [0.1, 0.15) is 19.3 Å². The molecular weight excluding hydrogens is 1110 g/mol. The van der Waals surface area contributed by atoms with E-state index in [-0.39, 0.29) is 25.7 Å². The summed E-state index contributed by atoms with van der Waals surface area (Å²) in [5, 5.41) is 10.5. The summed E-state index contributed by atoms with van der Waals surface area (Å²) in [6.45, 7) is 7.15. The van der Waals surface area contributed by atoms with Gasteiger partial charge >= 0.3 is 39.5 Å². The van der Waals surface area contributed by atoms with Gasteiger partial charge in [0.2, 0.25) is 0 Å². The van der Waals surface area contributed by atoms with Crippen LogP contribution in [0.4, 0.5) is 0 Å². The molecule has 3 N–H and O–H groups in total. The second-order valence-electron chi connectivity index (χ2n) is 24.0. The molecular formula is C65H126O17P2. The Morgan fingerprint density at radius 3 is 0.810 bits per heavy atom. The van der Waals surface area contributed by atoms with E-state index in [1.807, 2.05) is 0 Å². The number of phosphoric acid groups is 2. The fourth-order valence-corrected chi connectivity index (χ4v) is 11.3. The first kappa shape index (κ1) is 82.1. The Labute approximate surface area is 511 Å². The van der Waals surface area contributed by atoms with Crippen molar-refractivity contribution < 1.29 is 80.2 Å². The van der Waals surface area contributed by atoms with E-state index in [1.54, 1.807) is 0 Å². The van der Waals surface area contributed by atoms with Crippen LogP contribution in [0, 0.1) is 5.92 Å². The van der Waals surface area contributed by atoms with Crippen LogP contribution in [0.5, 0.6) is 0 Å². The summed E-state index contributed by atoms with van der Waals surface area (Å²) in [7, 11) is -9.89. The lowest BCUT2D eigenvalue weighted by atomic mass is 10.0. The maximum atomic E-state index is 13.0. The van der Waals surface area contributed by atoms with E-state index in [2.05, 4.69) is 34.6 Å². The molecule has 2 unspecified atom stereocenters. The van der Waals surface area contributed by atoms with Gasteiger partial charge in [-0.25, -0.2) is 9.13 Å². The zero-order chi connectivity index (χ0) is 62.0. The first-order chi connectivity index (χ1) is 40.5. The lowest BCUT2D eigenvalue weighted by molar-refractivity contribution is -0.161. The van der Waals surface area contributed by atoms with Gasteiger partial charge in [-0.3, -0.25) is 37.3 Å². The molecule has 0 aromatic carbocycles. The van der Waals surface area contributed by atoms with Gasteiger partial charge in [-0.2, -0.15) is 0 Å². The van der Waals surface area contributed by atoms with Crippen LogP contribution in [0.3, 0.4) is 0 Å². The average molecular weight is 1240 g/mol. The van der Waals surface area contributed by atoms with Crippen molar-refractivity contribution in [3.05, 3.63) is 0 Å². The van der Waals surface area contributed by atoms with Crippen molar-refractivity contribution >= 4 is 39.5 Å². The molecule has 0 bridgehead atoms. The standard InChI is InChI=1S/C65H126O17P2/c1-6-9-12-15-18-21-23-25-28-34-39-44-49-63(68)76-55-60(81-64(69)50-45-40-35-29-26-24-22-19-16-13-10-7-2)56-79-83(71,72)77-52-59(66)53-78-84(73,74)80-57-61(54-75-62(67)48-43-38-33-27-20-17-14-11-8-3)82-65(70)51-46-41-36-31-30-32-37-42-47-58(4)5/h58-61,66H,6-57H2,1-5H3,(H,71,72)(H,73,74)/t59-,60-,61-/m1/s1. The molecule has 0 aromatic rings. The molecule has 17 nitrogen and oxygen atoms in total. The molecule has 0 heterocycles. The van der Waals surface area contributed by atoms with Gasteiger partial charge in [0.15, 0.2) is 12.2 Å². The van der Waals surface area contributed by atoms with E-state index in [1.165, 1.54) is 154 Å². The molecule has 0 aromatic heterocycles. The molecule has 0 radical (unpaired) electrons. The van der Waals surface area contributed by atoms with E-state index in [0.29, 0.717) is 25.7 Å². The maximum Gasteiger partial charge on any atom is 0.472 e. The fourth-order valence-electron chi connectivity index (χ4n) is 9.76. The molecule has 0 rings (SSSR count). The minimum absolute atomic E-state index is 0.105. The predicted molar refractivity (Wildman–Crippen MR) is 335 cm³/mol. The smallest absolute Gasteiger partial charge is 0.462 e. The normalized spacial score (nSPS) is 14.2. The maximum absolute atomic E-state index is 13.0. The van der Waals surface area contributed by atoms with Crippen LogP contribution in [0.1, 0.15) is 330 Å². The number of carbonyl (C=O) groups is 4. The minimum atomic E-state index is -4.94. The number of phosphoric ester groups is 2. The third-order valence-electron chi connectivity index (χ3n) is 15.0. The molecule has 5 atom stereocenters. The van der Waals surface area contributed by atoms with Gasteiger partial charge in [-0.1, -0.05) is 279 Å². The van der Waals surface area contributed by atoms with E-state index in [4.69, 9.17) is 37.0 Å². The Hall–Kier alpha value is -1.94. The number of rotatable bonds is 65. The number of carbonyl (C=O) groups excluding carboxylic acids is 4. The third-order valence-corrected chi connectivity index (χ3v) is 16.9. The SMILES string of the molecule is CCCCCCCCCCCCCCC(=O)OC[C@H](COP(=O)(O)OC[C@@H](O)COP(=O)(O)OC[C@@H](COC(=O)CCCCCCCCCCC)OC(=O)CCCCCCCCCCC(C)C)OC(=O)CCCCCCCCCCCCCC. The average Bonchev–Trinajstić information content (AvgIpc) is 3.58. The highest BCUT2D eigenvalue weighted by Crippen LogP contribution is 2.45. The molecule has 0 fully saturated rings. The summed E-state index contributed by atoms with van der Waals surface area (Å²) in [5.41, 5.74) is 0. The first-order valence-electron chi connectivity index (χ1n) is 34.1. The van der Waals surface area contributed by atoms with E-state index in [0.717, 1.165) is 95.8 Å². The summed E-state index contributed by atoms with van der Waals surface area (Å²) in [6, 6.07) is 0. The van der Waals surface area contributed by atoms with Crippen molar-refractivity contribution in [3.63, 3.8) is 0 Å². The van der Waals surface area contributed by atoms with Crippen molar-refractivity contribution in [2.24, 2.45) is 5.92 Å². The van der Waals surface area contributed by atoms with Crippen molar-refractivity contribution in [1.29, 1.82) is 0 Å². The summed E-state index contributed by atoms with van der Waals surface area (Å²) >= 11 is 0. The quantitative estimate of drug-likeness (QED) is 0.0222. The van der Waals surface area contributed by atoms with Gasteiger partial charge in [-0.15, -0.1) is 0 Å². The Kier molecular flexibility index (Phi) is 57.4. The highest BCUT2D eigenvalue weighted by atomic mass is 31.2. The molecule has 0 aliphatic heterocycles. The lowest BCUT2D eigenvalue weighted by Crippen LogP contribution is -2.30. The van der Waals surface area contributed by atoms with Crippen LogP contribution in [0.2, 0.25) is 0 Å². The van der Waals surface area contributed by atoms with Gasteiger partial charge < -0.3 is 33.8 Å². The van der Waals surface area contributed by atoms with Crippen LogP contribution in [0.15, 0.2) is 0 Å². The van der Waals surface area contributed by atoms with Gasteiger partial charge in [0.25, 0.3) is 0 Å². The number of ether oxygens (including phenoxy) is 4. The molecule has 0 spiro atoms. The lowest BCUT2D eigenvalue weighted by Gasteiger charge is -2.21. The summed E-state index contributed by atoms with van der Waals surface area (Å²) in [6.07, 6.45) is 43.0. The highest BCUT2D eigenvalue weighted by Gasteiger charge is 2.30. The minimum Gasteiger partial charge on any atom is -0.462 e. The van der Waals surface area contributed by atoms with Gasteiger partial charge in [0.05, 0.1) is 26.4 Å². The second-order valence-corrected chi connectivity index (χ2v) is 26.9. The van der Waals surface area contributed by atoms with Crippen LogP contribution in [-0.4, -0.2) is 96.7 Å². The van der Waals surface area contributed by atoms with E-state index < -0.39 is 97.5 Å². The zero-order valence-electron chi connectivity index (χ0n) is 54.0. The van der Waals surface area contributed by atoms with E-state index in [9.17, 15) is 43.2 Å². The Morgan fingerprint density at radius 2 is 0.548 bits per heavy atom. The molecule has 19 heteroatoms. The fraction of sp³-hybridized carbons (Fsp3) is 0.938. The van der Waals surface area contributed by atoms with E-state index >= 15 is 0 Å². The molecule has 0 saturated carbocycles. The number of hydrogen-bond donors (Lipinski definition) is 3.